The fraction of sp³-hybridized carbons (Fsp3) is 0.587. The Morgan fingerprint density at radius 3 is 1.44 bits per heavy atom. The van der Waals surface area contributed by atoms with Gasteiger partial charge in [0.15, 0.2) is 5.54 Å². The fourth-order valence-electron chi connectivity index (χ4n) is 6.16. The summed E-state index contributed by atoms with van der Waals surface area (Å²) in [5.41, 5.74) is 2.48. The third-order valence-corrected chi connectivity index (χ3v) is 10.5. The summed E-state index contributed by atoms with van der Waals surface area (Å²) in [7, 11) is 0. The smallest absolute Gasteiger partial charge is 0.411 e. The number of aliphatic hydroxyl groups is 2. The molecule has 6 atom stereocenters. The highest BCUT2D eigenvalue weighted by Crippen LogP contribution is 2.28. The summed E-state index contributed by atoms with van der Waals surface area (Å²) in [4.78, 5) is 84.6. The number of aliphatic carboxylic acids is 1. The van der Waals surface area contributed by atoms with Gasteiger partial charge >= 0.3 is 35.5 Å². The number of esters is 2. The number of ether oxygens (including phenoxy) is 5. The van der Waals surface area contributed by atoms with Crippen LogP contribution in [0.1, 0.15) is 107 Å². The van der Waals surface area contributed by atoms with Crippen LogP contribution in [0.2, 0.25) is 0 Å². The van der Waals surface area contributed by atoms with E-state index >= 15 is 0 Å². The molecule has 2 fully saturated rings. The number of hydrogen-bond donors (Lipinski definition) is 5. The Balaban J connectivity index is 0.000000512. The highest BCUT2D eigenvalue weighted by molar-refractivity contribution is 9.10. The summed E-state index contributed by atoms with van der Waals surface area (Å²) in [5.74, 6) is -2.73. The summed E-state index contributed by atoms with van der Waals surface area (Å²) in [6, 6.07) is 12.3. The second kappa shape index (κ2) is 27.0. The van der Waals surface area contributed by atoms with E-state index in [1.54, 1.807) is 119 Å². The topological polar surface area (TPSA) is 271 Å². The summed E-state index contributed by atoms with van der Waals surface area (Å²) < 4.78 is 26.7. The summed E-state index contributed by atoms with van der Waals surface area (Å²) in [6.07, 6.45) is -3.07. The van der Waals surface area contributed by atoms with E-state index in [2.05, 4.69) is 41.9 Å². The molecule has 2 aliphatic heterocycles. The molecule has 4 rings (SSSR count). The van der Waals surface area contributed by atoms with Crippen LogP contribution in [0.25, 0.3) is 0 Å². The first-order chi connectivity index (χ1) is 31.2. The van der Waals surface area contributed by atoms with Crippen molar-refractivity contribution in [2.75, 3.05) is 26.3 Å². The van der Waals surface area contributed by atoms with Crippen LogP contribution in [-0.2, 0) is 53.9 Å². The van der Waals surface area contributed by atoms with Gasteiger partial charge in [-0.15, -0.1) is 0 Å². The highest BCUT2D eigenvalue weighted by Gasteiger charge is 2.46. The van der Waals surface area contributed by atoms with Gasteiger partial charge in [0.1, 0.15) is 28.8 Å². The Morgan fingerprint density at radius 1 is 0.706 bits per heavy atom. The molecule has 2 saturated heterocycles. The number of rotatable bonds is 10. The van der Waals surface area contributed by atoms with E-state index in [1.165, 1.54) is 4.90 Å². The average Bonchev–Trinajstić information content (AvgIpc) is 3.80. The van der Waals surface area contributed by atoms with Crippen molar-refractivity contribution in [2.24, 2.45) is 5.73 Å². The van der Waals surface area contributed by atoms with Gasteiger partial charge in [-0.3, -0.25) is 14.6 Å². The number of carboxylic acid groups (broad SMARTS) is 1. The number of β-amino-alcohol motifs (C(OH)–C–C–N with tert-alkyl or cyclic N) is 2. The molecule has 0 unspecified atom stereocenters. The number of benzene rings is 2. The summed E-state index contributed by atoms with van der Waals surface area (Å²) >= 11 is 11.5. The number of nitrogens with two attached hydrogens (primary N) is 1. The van der Waals surface area contributed by atoms with E-state index in [-0.39, 0.29) is 38.6 Å². The Kier molecular flexibility index (Phi) is 24.4. The van der Waals surface area contributed by atoms with Gasteiger partial charge in [0.2, 0.25) is 5.91 Å². The van der Waals surface area contributed by atoms with Gasteiger partial charge in [-0.2, -0.15) is 0 Å². The minimum Gasteiger partial charge on any atom is -0.480 e. The molecule has 2 aromatic rings. The van der Waals surface area contributed by atoms with Gasteiger partial charge in [-0.1, -0.05) is 56.1 Å². The van der Waals surface area contributed by atoms with Crippen molar-refractivity contribution in [1.29, 1.82) is 0 Å². The molecule has 19 nitrogen and oxygen atoms in total. The maximum absolute atomic E-state index is 13.1. The lowest BCUT2D eigenvalue weighted by molar-refractivity contribution is -0.153. The van der Waals surface area contributed by atoms with Gasteiger partial charge in [0.05, 0.1) is 44.6 Å². The van der Waals surface area contributed by atoms with Crippen LogP contribution < -0.4 is 11.1 Å². The van der Waals surface area contributed by atoms with Crippen molar-refractivity contribution in [3.8, 4) is 0 Å². The number of likely N-dealkylation sites (tertiary alicyclic amines) is 2. The number of carbonyl (C=O) groups excluding carboxylic acids is 6. The first-order valence-corrected chi connectivity index (χ1v) is 23.6. The second-order valence-electron chi connectivity index (χ2n) is 18.1. The Bertz CT molecular complexity index is 2010. The van der Waals surface area contributed by atoms with Gasteiger partial charge in [0.25, 0.3) is 0 Å². The van der Waals surface area contributed by atoms with Crippen LogP contribution in [-0.4, -0.2) is 134 Å². The van der Waals surface area contributed by atoms with E-state index < -0.39 is 88.0 Å². The van der Waals surface area contributed by atoms with E-state index in [9.17, 15) is 43.8 Å². The van der Waals surface area contributed by atoms with E-state index in [0.29, 0.717) is 12.2 Å². The normalized spacial score (nSPS) is 19.4. The number of carbonyl (C=O) groups is 7. The third kappa shape index (κ3) is 20.6. The standard InChI is InChI=1S/C21H29BrN2O6.C11H14BrNO2.C10H17NO5.C4H7ClO2/c1-6-29-18(27)21(5,13-7-9-14(22)10-8-13)23-17(26)16-11-15(25)12-24(16)19(28)30-20(2,3)4;1-3-15-10(14)11(2,13)8-4-6-9(12)7-5-8;1-10(2,3)16-9(15)11-5-6(12)4-7(11)8(13)14;1-3(2)7-4(5)6/h7-10,15-16,25H,6,11-12H2,1-5H3,(H,23,26);4-7H,3,13H2,1-2H3;6-7,12H,4-5H2,1-3H3,(H,13,14);3H,1-2H3/t15-,16+,21+;11-;6-,7+;/m101./s1. The summed E-state index contributed by atoms with van der Waals surface area (Å²) in [6.45, 7) is 20.8. The zero-order valence-corrected chi connectivity index (χ0v) is 44.5. The minimum absolute atomic E-state index is 0.00583. The first kappa shape index (κ1) is 61.5. The molecule has 6 N–H and O–H groups in total. The molecule has 22 heteroatoms. The molecule has 0 radical (unpaired) electrons. The minimum atomic E-state index is -1.47. The largest absolute Gasteiger partial charge is 0.480 e. The zero-order chi connectivity index (χ0) is 52.5. The Labute approximate surface area is 419 Å². The number of nitrogens with zero attached hydrogens (tertiary/aromatic N) is 2. The third-order valence-electron chi connectivity index (χ3n) is 9.35. The molecule has 0 aromatic heterocycles. The number of carboxylic acids is 1. The quantitative estimate of drug-likeness (QED) is 0.0901. The Hall–Kier alpha value is -4.54. The Morgan fingerprint density at radius 2 is 1.09 bits per heavy atom. The molecule has 382 valence electrons. The monoisotopic (exact) mass is 1110 g/mol. The predicted molar refractivity (Wildman–Crippen MR) is 258 cm³/mol. The van der Waals surface area contributed by atoms with Crippen molar-refractivity contribution in [3.63, 3.8) is 0 Å². The lowest BCUT2D eigenvalue weighted by atomic mass is 9.91. The molecule has 68 heavy (non-hydrogen) atoms. The molecule has 0 aliphatic carbocycles. The summed E-state index contributed by atoms with van der Waals surface area (Å²) in [5, 5.41) is 31.1. The van der Waals surface area contributed by atoms with Crippen LogP contribution in [0, 0.1) is 0 Å². The molecule has 0 bridgehead atoms. The van der Waals surface area contributed by atoms with Gasteiger partial charge in [0, 0.05) is 33.4 Å². The van der Waals surface area contributed by atoms with Crippen LogP contribution in [0.15, 0.2) is 57.5 Å². The maximum Gasteiger partial charge on any atom is 0.411 e. The predicted octanol–water partition coefficient (Wildman–Crippen LogP) is 7.11. The molecular weight excluding hydrogens is 1040 g/mol. The van der Waals surface area contributed by atoms with Crippen molar-refractivity contribution < 1.29 is 72.6 Å². The van der Waals surface area contributed by atoms with Crippen molar-refractivity contribution in [3.05, 3.63) is 68.6 Å². The van der Waals surface area contributed by atoms with E-state index in [4.69, 9.17) is 41.4 Å². The SMILES string of the molecule is CC(C)(C)OC(=O)N1C[C@H](O)C[C@H]1C(=O)O.CC(C)OC(=O)Cl.CCOC(=O)[C@@](C)(N)c1ccc(Br)cc1.CCOC(=O)[C@@](C)(NC(=O)[C@@H]1C[C@@H](O)CN1C(=O)OC(C)(C)C)c1ccc(Br)cc1. The van der Waals surface area contributed by atoms with Crippen LogP contribution in [0.4, 0.5) is 14.4 Å². The van der Waals surface area contributed by atoms with Crippen LogP contribution in [0.5, 0.6) is 0 Å². The van der Waals surface area contributed by atoms with E-state index in [1.807, 2.05) is 12.1 Å². The molecule has 3 amide bonds. The maximum atomic E-state index is 13.1. The van der Waals surface area contributed by atoms with Gasteiger partial charge < -0.3 is 50.1 Å². The molecule has 0 saturated carbocycles. The number of halogens is 3. The zero-order valence-electron chi connectivity index (χ0n) is 40.6. The van der Waals surface area contributed by atoms with Crippen molar-refractivity contribution >= 4 is 84.9 Å². The number of amides is 3. The molecular formula is C46H67Br2ClN4O15. The van der Waals surface area contributed by atoms with Crippen molar-refractivity contribution in [2.45, 2.75) is 149 Å². The fourth-order valence-corrected chi connectivity index (χ4v) is 6.87. The van der Waals surface area contributed by atoms with Gasteiger partial charge in [-0.25, -0.2) is 28.8 Å². The van der Waals surface area contributed by atoms with Gasteiger partial charge in [-0.05, 0) is 118 Å². The lowest BCUT2D eigenvalue weighted by Gasteiger charge is -2.32. The molecule has 2 heterocycles. The highest BCUT2D eigenvalue weighted by atomic mass is 79.9. The molecule has 0 spiro atoms. The number of aliphatic hydroxyl groups excluding tert-OH is 2. The molecule has 2 aliphatic rings. The first-order valence-electron chi connectivity index (χ1n) is 21.6. The van der Waals surface area contributed by atoms with E-state index in [0.717, 1.165) is 19.4 Å². The second-order valence-corrected chi connectivity index (χ2v) is 20.2. The van der Waals surface area contributed by atoms with Crippen molar-refractivity contribution in [1.82, 2.24) is 15.1 Å². The average molecular weight is 1110 g/mol. The lowest BCUT2D eigenvalue weighted by Crippen LogP contribution is -2.56. The number of hydrogen-bond acceptors (Lipinski definition) is 15. The van der Waals surface area contributed by atoms with Crippen LogP contribution in [0.3, 0.4) is 0 Å². The number of nitrogens with one attached hydrogen (secondary N) is 1. The molecule has 2 aromatic carbocycles. The van der Waals surface area contributed by atoms with Crippen LogP contribution >= 0.6 is 43.5 Å².